The summed E-state index contributed by atoms with van der Waals surface area (Å²) in [4.78, 5) is 0. The highest BCUT2D eigenvalue weighted by Gasteiger charge is 2.05. The van der Waals surface area contributed by atoms with Crippen LogP contribution in [0.1, 0.15) is 13.8 Å². The smallest absolute Gasteiger partial charge is 0.177 e. The summed E-state index contributed by atoms with van der Waals surface area (Å²) in [5.41, 5.74) is 0. The van der Waals surface area contributed by atoms with Crippen molar-refractivity contribution in [2.75, 3.05) is 7.11 Å². The summed E-state index contributed by atoms with van der Waals surface area (Å²) in [6.45, 7) is 6.26. The molecule has 0 aliphatic carbocycles. The van der Waals surface area contributed by atoms with Crippen LogP contribution in [0.2, 0.25) is 12.6 Å². The summed E-state index contributed by atoms with van der Waals surface area (Å²) in [6.07, 6.45) is -0.00776. The summed E-state index contributed by atoms with van der Waals surface area (Å²) < 4.78 is 10.4. The molecular weight excluding hydrogens is 132 g/mol. The largest absolute Gasteiger partial charge is 0.396 e. The average Bonchev–Trinajstić information content (AvgIpc) is 1.87. The second kappa shape index (κ2) is 4.96. The van der Waals surface area contributed by atoms with E-state index in [9.17, 15) is 0 Å². The van der Waals surface area contributed by atoms with Crippen molar-refractivity contribution in [3.8, 4) is 0 Å². The lowest BCUT2D eigenvalue weighted by atomic mass is 10.8. The van der Waals surface area contributed by atoms with Crippen molar-refractivity contribution >= 4 is 9.04 Å². The van der Waals surface area contributed by atoms with Crippen LogP contribution in [-0.2, 0) is 9.16 Å². The molecule has 0 aliphatic rings. The molecule has 2 atom stereocenters. The predicted molar refractivity (Wildman–Crippen MR) is 41.1 cm³/mol. The maximum Gasteiger partial charge on any atom is 0.177 e. The Kier molecular flexibility index (Phi) is 5.04. The fourth-order valence-corrected chi connectivity index (χ4v) is 1.44. The van der Waals surface area contributed by atoms with Crippen molar-refractivity contribution in [1.82, 2.24) is 0 Å². The molecule has 56 valence electrons. The second-order valence-electron chi connectivity index (χ2n) is 2.16. The third-order valence-electron chi connectivity index (χ3n) is 1.33. The molecule has 0 aromatic carbocycles. The average molecular weight is 148 g/mol. The minimum atomic E-state index is -0.882. The summed E-state index contributed by atoms with van der Waals surface area (Å²) >= 11 is 0. The monoisotopic (exact) mass is 148 g/mol. The minimum Gasteiger partial charge on any atom is -0.396 e. The molecule has 0 radical (unpaired) electrons. The van der Waals surface area contributed by atoms with E-state index in [4.69, 9.17) is 9.16 Å². The summed E-state index contributed by atoms with van der Waals surface area (Å²) in [5, 5.41) is 0. The Hall–Kier alpha value is 0.137. The maximum atomic E-state index is 5.47. The molecule has 0 aromatic heterocycles. The molecular formula is C6H16O2Si. The normalized spacial score (nSPS) is 17.3. The summed E-state index contributed by atoms with van der Waals surface area (Å²) in [5.74, 6) is 0. The van der Waals surface area contributed by atoms with E-state index in [1.165, 1.54) is 6.04 Å². The van der Waals surface area contributed by atoms with Gasteiger partial charge in [0.15, 0.2) is 9.04 Å². The second-order valence-corrected chi connectivity index (χ2v) is 4.87. The molecule has 0 heterocycles. The molecule has 0 aromatic rings. The van der Waals surface area contributed by atoms with Crippen LogP contribution in [0.4, 0.5) is 0 Å². The van der Waals surface area contributed by atoms with Gasteiger partial charge in [-0.05, 0) is 19.5 Å². The zero-order valence-electron chi connectivity index (χ0n) is 6.68. The van der Waals surface area contributed by atoms with Crippen LogP contribution in [-0.4, -0.2) is 22.4 Å². The molecule has 9 heavy (non-hydrogen) atoms. The third kappa shape index (κ3) is 4.63. The minimum absolute atomic E-state index is 0.00776. The van der Waals surface area contributed by atoms with Crippen LogP contribution in [0.25, 0.3) is 0 Å². The Bertz CT molecular complexity index is 60.1. The van der Waals surface area contributed by atoms with E-state index in [-0.39, 0.29) is 6.29 Å². The van der Waals surface area contributed by atoms with Gasteiger partial charge in [0.1, 0.15) is 6.29 Å². The van der Waals surface area contributed by atoms with Gasteiger partial charge in [-0.25, -0.2) is 0 Å². The molecule has 3 heteroatoms. The topological polar surface area (TPSA) is 18.5 Å². The first-order valence-electron chi connectivity index (χ1n) is 3.39. The van der Waals surface area contributed by atoms with Gasteiger partial charge in [0.25, 0.3) is 0 Å². The van der Waals surface area contributed by atoms with Gasteiger partial charge in [-0.2, -0.15) is 0 Å². The molecule has 0 bridgehead atoms. The van der Waals surface area contributed by atoms with E-state index >= 15 is 0 Å². The van der Waals surface area contributed by atoms with Gasteiger partial charge in [0.05, 0.1) is 0 Å². The van der Waals surface area contributed by atoms with Crippen LogP contribution >= 0.6 is 0 Å². The van der Waals surface area contributed by atoms with E-state index in [0.29, 0.717) is 0 Å². The SMILES string of the molecule is CC[SiH](C)OC(C)OC. The first-order valence-corrected chi connectivity index (χ1v) is 5.83. The van der Waals surface area contributed by atoms with Crippen LogP contribution < -0.4 is 0 Å². The highest BCUT2D eigenvalue weighted by molar-refractivity contribution is 6.50. The predicted octanol–water partition coefficient (Wildman–Crippen LogP) is 1.37. The Morgan fingerprint density at radius 2 is 2.11 bits per heavy atom. The van der Waals surface area contributed by atoms with E-state index in [1.807, 2.05) is 6.92 Å². The molecule has 0 N–H and O–H groups in total. The van der Waals surface area contributed by atoms with Gasteiger partial charge in [0, 0.05) is 7.11 Å². The lowest BCUT2D eigenvalue weighted by Crippen LogP contribution is -2.20. The number of hydrogen-bond acceptors (Lipinski definition) is 2. The first kappa shape index (κ1) is 9.14. The van der Waals surface area contributed by atoms with Crippen molar-refractivity contribution in [2.45, 2.75) is 32.7 Å². The highest BCUT2D eigenvalue weighted by Crippen LogP contribution is 1.98. The van der Waals surface area contributed by atoms with Crippen molar-refractivity contribution in [2.24, 2.45) is 0 Å². The Labute approximate surface area is 58.9 Å². The number of methoxy groups -OCH3 is 1. The van der Waals surface area contributed by atoms with Gasteiger partial charge in [0.2, 0.25) is 0 Å². The standard InChI is InChI=1S/C6H16O2Si/c1-5-9(4)8-6(2)7-3/h6,9H,5H2,1-4H3. The van der Waals surface area contributed by atoms with Crippen molar-refractivity contribution in [3.05, 3.63) is 0 Å². The molecule has 0 spiro atoms. The maximum absolute atomic E-state index is 5.47. The summed E-state index contributed by atoms with van der Waals surface area (Å²) in [7, 11) is 0.786. The van der Waals surface area contributed by atoms with Gasteiger partial charge in [-0.1, -0.05) is 6.92 Å². The lowest BCUT2D eigenvalue weighted by Gasteiger charge is -2.14. The van der Waals surface area contributed by atoms with Crippen LogP contribution in [0, 0.1) is 0 Å². The number of rotatable bonds is 4. The van der Waals surface area contributed by atoms with E-state index in [1.54, 1.807) is 7.11 Å². The fourth-order valence-electron chi connectivity index (χ4n) is 0.479. The summed E-state index contributed by atoms with van der Waals surface area (Å²) in [6, 6.07) is 1.17. The van der Waals surface area contributed by atoms with Crippen molar-refractivity contribution in [1.29, 1.82) is 0 Å². The van der Waals surface area contributed by atoms with E-state index in [2.05, 4.69) is 13.5 Å². The first-order chi connectivity index (χ1) is 4.20. The van der Waals surface area contributed by atoms with E-state index in [0.717, 1.165) is 0 Å². The molecule has 0 saturated heterocycles. The van der Waals surface area contributed by atoms with E-state index < -0.39 is 9.04 Å². The molecule has 0 aliphatic heterocycles. The van der Waals surface area contributed by atoms with Crippen LogP contribution in [0.5, 0.6) is 0 Å². The highest BCUT2D eigenvalue weighted by atomic mass is 28.3. The lowest BCUT2D eigenvalue weighted by molar-refractivity contribution is -0.0406. The molecule has 0 amide bonds. The third-order valence-corrected chi connectivity index (χ3v) is 3.33. The Morgan fingerprint density at radius 1 is 1.56 bits per heavy atom. The fraction of sp³-hybridized carbons (Fsp3) is 1.00. The quantitative estimate of drug-likeness (QED) is 0.443. The Morgan fingerprint density at radius 3 is 2.44 bits per heavy atom. The Balaban J connectivity index is 3.22. The van der Waals surface area contributed by atoms with Crippen LogP contribution in [0.15, 0.2) is 0 Å². The zero-order valence-corrected chi connectivity index (χ0v) is 7.83. The zero-order chi connectivity index (χ0) is 7.28. The molecule has 0 saturated carbocycles. The van der Waals surface area contributed by atoms with Gasteiger partial charge in [-0.3, -0.25) is 0 Å². The molecule has 2 nitrogen and oxygen atoms in total. The van der Waals surface area contributed by atoms with Gasteiger partial charge < -0.3 is 9.16 Å². The molecule has 0 rings (SSSR count). The molecule has 0 fully saturated rings. The van der Waals surface area contributed by atoms with Crippen molar-refractivity contribution in [3.63, 3.8) is 0 Å². The number of hydrogen-bond donors (Lipinski definition) is 0. The van der Waals surface area contributed by atoms with Crippen LogP contribution in [0.3, 0.4) is 0 Å². The number of ether oxygens (including phenoxy) is 1. The van der Waals surface area contributed by atoms with Gasteiger partial charge >= 0.3 is 0 Å². The van der Waals surface area contributed by atoms with Gasteiger partial charge in [-0.15, -0.1) is 0 Å². The molecule has 2 unspecified atom stereocenters. The van der Waals surface area contributed by atoms with Crippen molar-refractivity contribution < 1.29 is 9.16 Å².